The normalized spacial score (nSPS) is 18.4. The number of anilines is 1. The predicted octanol–water partition coefficient (Wildman–Crippen LogP) is 4.21. The maximum Gasteiger partial charge on any atom is 0.270 e. The number of nitriles is 1. The van der Waals surface area contributed by atoms with E-state index in [4.69, 9.17) is 12.2 Å². The molecule has 2 saturated heterocycles. The lowest BCUT2D eigenvalue weighted by Gasteiger charge is -2.29. The Labute approximate surface area is 193 Å². The summed E-state index contributed by atoms with van der Waals surface area (Å²) in [5, 5.41) is 9.72. The van der Waals surface area contributed by atoms with E-state index in [1.807, 2.05) is 13.0 Å². The van der Waals surface area contributed by atoms with Crippen LogP contribution in [-0.4, -0.2) is 39.3 Å². The van der Waals surface area contributed by atoms with Crippen molar-refractivity contribution in [3.8, 4) is 6.07 Å². The lowest BCUT2D eigenvalue weighted by atomic mass is 10.0. The van der Waals surface area contributed by atoms with E-state index in [9.17, 15) is 14.9 Å². The summed E-state index contributed by atoms with van der Waals surface area (Å²) in [6.07, 6.45) is 8.69. The van der Waals surface area contributed by atoms with Crippen LogP contribution in [0.4, 0.5) is 5.82 Å². The van der Waals surface area contributed by atoms with Gasteiger partial charge in [-0.2, -0.15) is 5.26 Å². The first-order valence-electron chi connectivity index (χ1n) is 10.7. The molecule has 0 spiro atoms. The summed E-state index contributed by atoms with van der Waals surface area (Å²) >= 11 is 6.64. The molecule has 3 heterocycles. The molecule has 2 aliphatic heterocycles. The highest BCUT2D eigenvalue weighted by Gasteiger charge is 2.32. The molecule has 2 aliphatic rings. The van der Waals surface area contributed by atoms with Crippen LogP contribution < -0.4 is 10.5 Å². The topological polar surface area (TPSA) is 69.3 Å². The van der Waals surface area contributed by atoms with Crippen LogP contribution >= 0.6 is 24.0 Å². The van der Waals surface area contributed by atoms with Gasteiger partial charge in [0.05, 0.1) is 4.91 Å². The highest BCUT2D eigenvalue weighted by Crippen LogP contribution is 2.36. The standard InChI is InChI=1S/C23H28N4O2S2/c1-4-10-26-20(25-12-8-6-7-9-13-25)17(16(3)18(15-24)21(26)28)14-19-22(29)27(11-5-2)23(30)31-19/h5,14H,2,4,6-13H2,1,3H3. The van der Waals surface area contributed by atoms with Crippen molar-refractivity contribution in [3.63, 3.8) is 0 Å². The Balaban J connectivity index is 2.25. The number of hydrogen-bond acceptors (Lipinski definition) is 6. The van der Waals surface area contributed by atoms with Crippen molar-refractivity contribution < 1.29 is 4.79 Å². The zero-order valence-corrected chi connectivity index (χ0v) is 19.8. The van der Waals surface area contributed by atoms with Crippen LogP contribution in [0.5, 0.6) is 0 Å². The molecule has 1 aromatic heterocycles. The minimum Gasteiger partial charge on any atom is -0.357 e. The zero-order valence-electron chi connectivity index (χ0n) is 18.1. The van der Waals surface area contributed by atoms with Gasteiger partial charge in [0, 0.05) is 31.7 Å². The molecule has 0 saturated carbocycles. The van der Waals surface area contributed by atoms with Crippen molar-refractivity contribution in [1.29, 1.82) is 5.26 Å². The van der Waals surface area contributed by atoms with Gasteiger partial charge in [0.2, 0.25) is 0 Å². The number of carbonyl (C=O) groups is 1. The monoisotopic (exact) mass is 456 g/mol. The lowest BCUT2D eigenvalue weighted by molar-refractivity contribution is -0.121. The van der Waals surface area contributed by atoms with Crippen molar-refractivity contribution >= 4 is 46.1 Å². The molecule has 0 N–H and O–H groups in total. The summed E-state index contributed by atoms with van der Waals surface area (Å²) in [6.45, 7) is 10.1. The smallest absolute Gasteiger partial charge is 0.270 e. The van der Waals surface area contributed by atoms with Gasteiger partial charge in [-0.15, -0.1) is 6.58 Å². The second kappa shape index (κ2) is 10.3. The molecule has 2 fully saturated rings. The van der Waals surface area contributed by atoms with Crippen molar-refractivity contribution in [2.75, 3.05) is 24.5 Å². The predicted molar refractivity (Wildman–Crippen MR) is 131 cm³/mol. The molecule has 31 heavy (non-hydrogen) atoms. The number of rotatable bonds is 6. The highest BCUT2D eigenvalue weighted by molar-refractivity contribution is 8.26. The fourth-order valence-corrected chi connectivity index (χ4v) is 5.37. The summed E-state index contributed by atoms with van der Waals surface area (Å²) < 4.78 is 2.22. The maximum atomic E-state index is 13.2. The van der Waals surface area contributed by atoms with Crippen LogP contribution in [-0.2, 0) is 11.3 Å². The van der Waals surface area contributed by atoms with Gasteiger partial charge >= 0.3 is 0 Å². The van der Waals surface area contributed by atoms with E-state index >= 15 is 0 Å². The number of thiocarbonyl (C=S) groups is 1. The molecule has 0 atom stereocenters. The Bertz CT molecular complexity index is 1030. The molecule has 6 nitrogen and oxygen atoms in total. The third-order valence-corrected chi connectivity index (χ3v) is 7.04. The largest absolute Gasteiger partial charge is 0.357 e. The summed E-state index contributed by atoms with van der Waals surface area (Å²) in [4.78, 5) is 30.4. The molecule has 0 aromatic carbocycles. The molecular weight excluding hydrogens is 428 g/mol. The van der Waals surface area contributed by atoms with Gasteiger partial charge in [0.15, 0.2) is 0 Å². The van der Waals surface area contributed by atoms with Crippen molar-refractivity contribution in [2.45, 2.75) is 52.5 Å². The van der Waals surface area contributed by atoms with Gasteiger partial charge in [-0.3, -0.25) is 19.1 Å². The molecule has 0 aliphatic carbocycles. The Kier molecular flexibility index (Phi) is 7.74. The molecular formula is C23H28N4O2S2. The minimum atomic E-state index is -0.252. The molecule has 1 amide bonds. The van der Waals surface area contributed by atoms with E-state index in [-0.39, 0.29) is 17.0 Å². The number of carbonyl (C=O) groups excluding carboxylic acids is 1. The molecule has 1 aromatic rings. The summed E-state index contributed by atoms with van der Waals surface area (Å²) in [5.74, 6) is 0.655. The second-order valence-corrected chi connectivity index (χ2v) is 9.46. The van der Waals surface area contributed by atoms with Gasteiger partial charge in [-0.05, 0) is 37.8 Å². The van der Waals surface area contributed by atoms with Gasteiger partial charge < -0.3 is 4.90 Å². The van der Waals surface area contributed by atoms with Crippen molar-refractivity contribution in [2.24, 2.45) is 0 Å². The van der Waals surface area contributed by atoms with Gasteiger partial charge in [0.25, 0.3) is 11.5 Å². The maximum absolute atomic E-state index is 13.2. The number of aromatic nitrogens is 1. The molecule has 3 rings (SSSR count). The number of thioether (sulfide) groups is 1. The van der Waals surface area contributed by atoms with E-state index in [1.165, 1.54) is 29.5 Å². The van der Waals surface area contributed by atoms with Gasteiger partial charge in [0.1, 0.15) is 21.8 Å². The van der Waals surface area contributed by atoms with E-state index in [1.54, 1.807) is 17.6 Å². The van der Waals surface area contributed by atoms with Gasteiger partial charge in [-0.25, -0.2) is 0 Å². The quantitative estimate of drug-likeness (QED) is 0.363. The van der Waals surface area contributed by atoms with Crippen molar-refractivity contribution in [3.05, 3.63) is 44.6 Å². The molecule has 164 valence electrons. The van der Waals surface area contributed by atoms with E-state index in [0.29, 0.717) is 27.9 Å². The van der Waals surface area contributed by atoms with Crippen LogP contribution in [0.2, 0.25) is 0 Å². The molecule has 0 unspecified atom stereocenters. The first kappa shape index (κ1) is 23.3. The summed E-state index contributed by atoms with van der Waals surface area (Å²) in [5.41, 5.74) is 1.27. The zero-order chi connectivity index (χ0) is 22.5. The fraction of sp³-hybridized carbons (Fsp3) is 0.478. The highest BCUT2D eigenvalue weighted by atomic mass is 32.2. The minimum absolute atomic E-state index is 0.139. The van der Waals surface area contributed by atoms with Crippen LogP contribution in [0.15, 0.2) is 22.4 Å². The second-order valence-electron chi connectivity index (χ2n) is 7.79. The Morgan fingerprint density at radius 1 is 1.23 bits per heavy atom. The average Bonchev–Trinajstić information content (AvgIpc) is 2.94. The van der Waals surface area contributed by atoms with Crippen LogP contribution in [0, 0.1) is 18.3 Å². The first-order valence-corrected chi connectivity index (χ1v) is 12.0. The number of amides is 1. The lowest BCUT2D eigenvalue weighted by Crippen LogP contribution is -2.35. The average molecular weight is 457 g/mol. The van der Waals surface area contributed by atoms with Crippen LogP contribution in [0.1, 0.15) is 55.7 Å². The van der Waals surface area contributed by atoms with Crippen LogP contribution in [0.3, 0.4) is 0 Å². The van der Waals surface area contributed by atoms with E-state index in [2.05, 4.69) is 17.5 Å². The Morgan fingerprint density at radius 2 is 1.90 bits per heavy atom. The third-order valence-electron chi connectivity index (χ3n) is 5.66. The molecule has 0 bridgehead atoms. The SMILES string of the molecule is C=CCN1C(=O)C(=Cc2c(C)c(C#N)c(=O)n(CCC)c2N2CCCCCC2)SC1=S. The third kappa shape index (κ3) is 4.63. The Morgan fingerprint density at radius 3 is 2.48 bits per heavy atom. The summed E-state index contributed by atoms with van der Waals surface area (Å²) in [6, 6.07) is 2.10. The van der Waals surface area contributed by atoms with Crippen molar-refractivity contribution in [1.82, 2.24) is 9.47 Å². The Hall–Kier alpha value is -2.37. The summed E-state index contributed by atoms with van der Waals surface area (Å²) in [7, 11) is 0. The number of nitrogens with zero attached hydrogens (tertiary/aromatic N) is 4. The molecule has 8 heteroatoms. The first-order chi connectivity index (χ1) is 14.9. The number of pyridine rings is 1. The van der Waals surface area contributed by atoms with Crippen LogP contribution in [0.25, 0.3) is 6.08 Å². The van der Waals surface area contributed by atoms with Gasteiger partial charge in [-0.1, -0.05) is 49.8 Å². The van der Waals surface area contributed by atoms with E-state index < -0.39 is 0 Å². The van der Waals surface area contributed by atoms with E-state index in [0.717, 1.165) is 43.7 Å². The number of hydrogen-bond donors (Lipinski definition) is 0. The molecule has 0 radical (unpaired) electrons. The fourth-order valence-electron chi connectivity index (χ4n) is 4.12.